The van der Waals surface area contributed by atoms with E-state index in [1.54, 1.807) is 13.8 Å². The predicted molar refractivity (Wildman–Crippen MR) is 133 cm³/mol. The summed E-state index contributed by atoms with van der Waals surface area (Å²) < 4.78 is 44.3. The largest absolute Gasteiger partial charge is 0.496 e. The lowest BCUT2D eigenvalue weighted by molar-refractivity contribution is -0.288. The molecule has 2 aliphatic heterocycles. The van der Waals surface area contributed by atoms with Crippen LogP contribution in [0.5, 0.6) is 11.5 Å². The first kappa shape index (κ1) is 30.4. The summed E-state index contributed by atoms with van der Waals surface area (Å²) >= 11 is 0. The average molecular weight is 565 g/mol. The number of fused-ring (bicyclic) bond motifs is 1. The van der Waals surface area contributed by atoms with Crippen LogP contribution < -0.4 is 9.47 Å². The molecule has 0 radical (unpaired) electrons. The highest BCUT2D eigenvalue weighted by atomic mass is 16.7. The van der Waals surface area contributed by atoms with Crippen LogP contribution >= 0.6 is 0 Å². The van der Waals surface area contributed by atoms with Crippen molar-refractivity contribution in [3.8, 4) is 11.5 Å². The van der Waals surface area contributed by atoms with Gasteiger partial charge in [-0.15, -0.1) is 0 Å². The molecule has 1 unspecified atom stereocenters. The molecule has 0 amide bonds. The Kier molecular flexibility index (Phi) is 9.40. The molecule has 3 rings (SSSR count). The molecule has 6 atom stereocenters. The van der Waals surface area contributed by atoms with Crippen molar-refractivity contribution in [3.63, 3.8) is 0 Å². The maximum atomic E-state index is 13.0. The van der Waals surface area contributed by atoms with E-state index >= 15 is 0 Å². The first-order valence-corrected chi connectivity index (χ1v) is 12.3. The summed E-state index contributed by atoms with van der Waals surface area (Å²) in [6.45, 7) is 11.4. The molecule has 1 saturated heterocycles. The van der Waals surface area contributed by atoms with E-state index in [-0.39, 0.29) is 17.1 Å². The molecular weight excluding hydrogens is 532 g/mol. The number of carbonyl (C=O) groups is 5. The Labute approximate surface area is 230 Å². The van der Waals surface area contributed by atoms with Gasteiger partial charge in [-0.05, 0) is 18.1 Å². The van der Waals surface area contributed by atoms with Crippen LogP contribution in [0.25, 0.3) is 0 Å². The molecule has 0 aromatic heterocycles. The standard InChI is InChI=1S/C27H32O13/c1-11-13(3)35-26(32)22-19(9-18(33-8)12(2)21(11)22)39-27-25(38-17(7)31)24(37-16(6)30)23(36-15(5)29)20(40-27)10-34-14(4)28/h9,11,20,23-25,27H,3,10H2,1-2,4-8H3/t11?,20-,23-,24+,25-,27+/m0/s1. The van der Waals surface area contributed by atoms with Crippen LogP contribution in [0.2, 0.25) is 0 Å². The minimum atomic E-state index is -1.55. The molecule has 0 saturated carbocycles. The van der Waals surface area contributed by atoms with Gasteiger partial charge in [0.1, 0.15) is 35.5 Å². The average Bonchev–Trinajstić information content (AvgIpc) is 2.84. The van der Waals surface area contributed by atoms with Crippen molar-refractivity contribution >= 4 is 29.8 Å². The fourth-order valence-electron chi connectivity index (χ4n) is 4.64. The van der Waals surface area contributed by atoms with Gasteiger partial charge in [-0.3, -0.25) is 19.2 Å². The number of methoxy groups -OCH3 is 1. The Balaban J connectivity index is 2.16. The van der Waals surface area contributed by atoms with Gasteiger partial charge < -0.3 is 37.9 Å². The molecule has 40 heavy (non-hydrogen) atoms. The van der Waals surface area contributed by atoms with Gasteiger partial charge in [-0.25, -0.2) is 4.79 Å². The number of hydrogen-bond donors (Lipinski definition) is 0. The summed E-state index contributed by atoms with van der Waals surface area (Å²) in [5.74, 6) is -3.64. The van der Waals surface area contributed by atoms with Crippen molar-refractivity contribution in [1.82, 2.24) is 0 Å². The minimum Gasteiger partial charge on any atom is -0.496 e. The molecule has 0 spiro atoms. The maximum Gasteiger partial charge on any atom is 0.347 e. The number of esters is 5. The van der Waals surface area contributed by atoms with Gasteiger partial charge in [0.2, 0.25) is 12.4 Å². The van der Waals surface area contributed by atoms with Crippen LogP contribution in [0.15, 0.2) is 18.4 Å². The highest BCUT2D eigenvalue weighted by Crippen LogP contribution is 2.44. The Morgan fingerprint density at radius 3 is 2.02 bits per heavy atom. The molecule has 1 fully saturated rings. The van der Waals surface area contributed by atoms with Gasteiger partial charge in [0.25, 0.3) is 0 Å². The lowest BCUT2D eigenvalue weighted by Gasteiger charge is -2.44. The molecule has 218 valence electrons. The monoisotopic (exact) mass is 564 g/mol. The van der Waals surface area contributed by atoms with Gasteiger partial charge in [0.15, 0.2) is 12.2 Å². The van der Waals surface area contributed by atoms with Crippen LogP contribution in [0.4, 0.5) is 0 Å². The second kappa shape index (κ2) is 12.4. The third kappa shape index (κ3) is 6.53. The molecule has 1 aromatic carbocycles. The molecule has 2 heterocycles. The van der Waals surface area contributed by atoms with E-state index < -0.39 is 73.1 Å². The van der Waals surface area contributed by atoms with Crippen molar-refractivity contribution in [3.05, 3.63) is 35.1 Å². The maximum absolute atomic E-state index is 13.0. The lowest BCUT2D eigenvalue weighted by atomic mass is 9.87. The van der Waals surface area contributed by atoms with E-state index in [1.165, 1.54) is 13.2 Å². The van der Waals surface area contributed by atoms with Crippen molar-refractivity contribution in [2.75, 3.05) is 13.7 Å². The van der Waals surface area contributed by atoms with Crippen LogP contribution in [-0.4, -0.2) is 74.3 Å². The Hall–Kier alpha value is -4.13. The van der Waals surface area contributed by atoms with Gasteiger partial charge in [-0.1, -0.05) is 13.5 Å². The van der Waals surface area contributed by atoms with Crippen LogP contribution in [0, 0.1) is 6.92 Å². The first-order valence-electron chi connectivity index (χ1n) is 12.3. The molecule has 2 aliphatic rings. The van der Waals surface area contributed by atoms with Crippen molar-refractivity contribution < 1.29 is 61.9 Å². The Bertz CT molecular complexity index is 1220. The van der Waals surface area contributed by atoms with Gasteiger partial charge in [0, 0.05) is 39.7 Å². The zero-order valence-corrected chi connectivity index (χ0v) is 23.3. The van der Waals surface area contributed by atoms with Crippen LogP contribution in [0.3, 0.4) is 0 Å². The normalized spacial score (nSPS) is 25.6. The fourth-order valence-corrected chi connectivity index (χ4v) is 4.64. The van der Waals surface area contributed by atoms with E-state index in [9.17, 15) is 24.0 Å². The smallest absolute Gasteiger partial charge is 0.347 e. The van der Waals surface area contributed by atoms with Gasteiger partial charge >= 0.3 is 29.8 Å². The SMILES string of the molecule is C=C1OC(=O)c2c(O[C@@H]3O[C@@H](COC(C)=O)[C@H](OC(C)=O)[C@@H](OC(C)=O)[C@@H]3OC(C)=O)cc(OC)c(C)c2C1C. The summed E-state index contributed by atoms with van der Waals surface area (Å²) in [5, 5.41) is 0. The van der Waals surface area contributed by atoms with E-state index in [0.717, 1.165) is 27.7 Å². The molecule has 1 aromatic rings. The minimum absolute atomic E-state index is 0.0531. The summed E-state index contributed by atoms with van der Waals surface area (Å²) in [7, 11) is 1.44. The molecule has 0 N–H and O–H groups in total. The third-order valence-electron chi connectivity index (χ3n) is 6.31. The molecular formula is C27H32O13. The number of cyclic esters (lactones) is 1. The third-order valence-corrected chi connectivity index (χ3v) is 6.31. The summed E-state index contributed by atoms with van der Waals surface area (Å²) in [6, 6.07) is 1.44. The molecule has 13 nitrogen and oxygen atoms in total. The number of rotatable bonds is 8. The lowest BCUT2D eigenvalue weighted by Crippen LogP contribution is -2.63. The summed E-state index contributed by atoms with van der Waals surface area (Å²) in [4.78, 5) is 60.7. The molecule has 0 aliphatic carbocycles. The number of hydrogen-bond acceptors (Lipinski definition) is 13. The number of allylic oxidation sites excluding steroid dienone is 1. The van der Waals surface area contributed by atoms with E-state index in [2.05, 4.69) is 6.58 Å². The topological polar surface area (TPSA) is 159 Å². The number of carbonyl (C=O) groups excluding carboxylic acids is 5. The summed E-state index contributed by atoms with van der Waals surface area (Å²) in [5.41, 5.74) is 1.25. The van der Waals surface area contributed by atoms with Crippen molar-refractivity contribution in [2.24, 2.45) is 0 Å². The van der Waals surface area contributed by atoms with Crippen molar-refractivity contribution in [1.29, 1.82) is 0 Å². The number of ether oxygens (including phenoxy) is 8. The van der Waals surface area contributed by atoms with Crippen LogP contribution in [0.1, 0.15) is 62.0 Å². The predicted octanol–water partition coefficient (Wildman–Crippen LogP) is 2.25. The quantitative estimate of drug-likeness (QED) is 0.334. The fraction of sp³-hybridized carbons (Fsp3) is 0.519. The van der Waals surface area contributed by atoms with Crippen molar-refractivity contribution in [2.45, 2.75) is 78.2 Å². The summed E-state index contributed by atoms with van der Waals surface area (Å²) in [6.07, 6.45) is -7.08. The zero-order chi connectivity index (χ0) is 29.9. The number of benzene rings is 1. The highest BCUT2D eigenvalue weighted by Gasteiger charge is 2.53. The van der Waals surface area contributed by atoms with Gasteiger partial charge in [0.05, 0.1) is 7.11 Å². The Morgan fingerprint density at radius 1 is 0.900 bits per heavy atom. The highest BCUT2D eigenvalue weighted by molar-refractivity contribution is 5.97. The van der Waals surface area contributed by atoms with E-state index in [4.69, 9.17) is 37.9 Å². The van der Waals surface area contributed by atoms with E-state index in [1.807, 2.05) is 0 Å². The Morgan fingerprint density at radius 2 is 1.48 bits per heavy atom. The second-order valence-corrected chi connectivity index (χ2v) is 9.25. The second-order valence-electron chi connectivity index (χ2n) is 9.25. The molecule has 0 bridgehead atoms. The van der Waals surface area contributed by atoms with E-state index in [0.29, 0.717) is 16.9 Å². The molecule has 13 heteroatoms. The van der Waals surface area contributed by atoms with Crippen LogP contribution in [-0.2, 0) is 47.6 Å². The zero-order valence-electron chi connectivity index (χ0n) is 23.3. The van der Waals surface area contributed by atoms with Gasteiger partial charge in [-0.2, -0.15) is 0 Å². The first-order chi connectivity index (χ1) is 18.7.